The molecule has 1 aliphatic heterocycles. The zero-order valence-electron chi connectivity index (χ0n) is 16.1. The van der Waals surface area contributed by atoms with Crippen LogP contribution in [-0.2, 0) is 0 Å². The van der Waals surface area contributed by atoms with E-state index in [4.69, 9.17) is 26.8 Å². The topological polar surface area (TPSA) is 64.8 Å². The molecular formula is C20H31ClN2O3. The summed E-state index contributed by atoms with van der Waals surface area (Å²) in [5, 5.41) is 0.413. The molecule has 2 atom stereocenters. The van der Waals surface area contributed by atoms with Crippen molar-refractivity contribution in [2.75, 3.05) is 26.3 Å². The van der Waals surface area contributed by atoms with Gasteiger partial charge in [0.05, 0.1) is 18.2 Å². The molecule has 146 valence electrons. The smallest absolute Gasteiger partial charge is 0.254 e. The molecule has 0 radical (unpaired) electrons. The number of nitrogens with two attached hydrogens (primary N) is 1. The van der Waals surface area contributed by atoms with E-state index in [0.717, 1.165) is 32.2 Å². The number of carbonyl (C=O) groups excluding carboxylic acids is 1. The number of amides is 1. The lowest BCUT2D eigenvalue weighted by atomic mass is 9.92. The van der Waals surface area contributed by atoms with E-state index < -0.39 is 0 Å². The first kappa shape index (κ1) is 20.8. The summed E-state index contributed by atoms with van der Waals surface area (Å²) in [4.78, 5) is 14.8. The Labute approximate surface area is 161 Å². The Bertz CT molecular complexity index is 607. The first-order valence-corrected chi connectivity index (χ1v) is 9.99. The molecule has 1 aliphatic rings. The van der Waals surface area contributed by atoms with Crippen molar-refractivity contribution >= 4 is 17.5 Å². The molecule has 1 heterocycles. The normalized spacial score (nSPS) is 18.5. The predicted octanol–water partition coefficient (Wildman–Crippen LogP) is 4.12. The van der Waals surface area contributed by atoms with Crippen LogP contribution >= 0.6 is 11.6 Å². The molecule has 1 fully saturated rings. The molecule has 5 nitrogen and oxygen atoms in total. The highest BCUT2D eigenvalue weighted by atomic mass is 35.5. The molecule has 0 saturated carbocycles. The van der Waals surface area contributed by atoms with Gasteiger partial charge in [-0.25, -0.2) is 0 Å². The van der Waals surface area contributed by atoms with E-state index in [2.05, 4.69) is 6.92 Å². The van der Waals surface area contributed by atoms with E-state index >= 15 is 0 Å². The molecule has 0 aliphatic carbocycles. The maximum atomic E-state index is 13.0. The highest BCUT2D eigenvalue weighted by Gasteiger charge is 2.27. The van der Waals surface area contributed by atoms with Crippen LogP contribution in [-0.4, -0.2) is 43.2 Å². The summed E-state index contributed by atoms with van der Waals surface area (Å²) in [6.07, 6.45) is 4.02. The third-order valence-corrected chi connectivity index (χ3v) is 5.07. The number of benzene rings is 1. The standard InChI is InChI=1S/C20H31ClN2O3/c1-4-6-10-26-19-17(21)11-16(12-18(19)25-5-2)20(24)23-9-7-8-15(13-23)14(3)22/h11-12,14-15H,4-10,13,22H2,1-3H3. The van der Waals surface area contributed by atoms with Crippen molar-refractivity contribution in [3.05, 3.63) is 22.7 Å². The van der Waals surface area contributed by atoms with Crippen LogP contribution in [0.15, 0.2) is 12.1 Å². The second-order valence-electron chi connectivity index (χ2n) is 6.93. The SMILES string of the molecule is CCCCOc1c(Cl)cc(C(=O)N2CCCC(C(C)N)C2)cc1OCC. The lowest BCUT2D eigenvalue weighted by Gasteiger charge is -2.34. The van der Waals surface area contributed by atoms with E-state index in [9.17, 15) is 4.79 Å². The molecular weight excluding hydrogens is 352 g/mol. The molecule has 1 amide bonds. The Balaban J connectivity index is 2.21. The molecule has 1 saturated heterocycles. The van der Waals surface area contributed by atoms with Gasteiger partial charge in [-0.15, -0.1) is 0 Å². The molecule has 0 bridgehead atoms. The number of rotatable bonds is 8. The number of hydrogen-bond acceptors (Lipinski definition) is 4. The predicted molar refractivity (Wildman–Crippen MR) is 105 cm³/mol. The van der Waals surface area contributed by atoms with Crippen molar-refractivity contribution in [1.82, 2.24) is 4.90 Å². The lowest BCUT2D eigenvalue weighted by Crippen LogP contribution is -2.45. The molecule has 26 heavy (non-hydrogen) atoms. The van der Waals surface area contributed by atoms with Crippen LogP contribution in [0.2, 0.25) is 5.02 Å². The van der Waals surface area contributed by atoms with Crippen molar-refractivity contribution < 1.29 is 14.3 Å². The highest BCUT2D eigenvalue weighted by Crippen LogP contribution is 2.37. The minimum absolute atomic E-state index is 0.0293. The van der Waals surface area contributed by atoms with E-state index in [1.807, 2.05) is 18.7 Å². The van der Waals surface area contributed by atoms with Gasteiger partial charge in [0.1, 0.15) is 0 Å². The van der Waals surface area contributed by atoms with Crippen molar-refractivity contribution in [2.45, 2.75) is 52.5 Å². The zero-order valence-corrected chi connectivity index (χ0v) is 16.8. The number of ether oxygens (including phenoxy) is 2. The maximum absolute atomic E-state index is 13.0. The number of unbranched alkanes of at least 4 members (excludes halogenated alkanes) is 1. The Kier molecular flexibility index (Phi) is 8.04. The second kappa shape index (κ2) is 10.0. The molecule has 0 aromatic heterocycles. The maximum Gasteiger partial charge on any atom is 0.254 e. The minimum Gasteiger partial charge on any atom is -0.490 e. The highest BCUT2D eigenvalue weighted by molar-refractivity contribution is 6.32. The quantitative estimate of drug-likeness (QED) is 0.687. The van der Waals surface area contributed by atoms with Crippen LogP contribution in [0.1, 0.15) is 56.8 Å². The average molecular weight is 383 g/mol. The van der Waals surface area contributed by atoms with Gasteiger partial charge < -0.3 is 20.1 Å². The van der Waals surface area contributed by atoms with Crippen LogP contribution in [0.25, 0.3) is 0 Å². The summed E-state index contributed by atoms with van der Waals surface area (Å²) in [7, 11) is 0. The van der Waals surface area contributed by atoms with Gasteiger partial charge in [-0.05, 0) is 51.2 Å². The largest absolute Gasteiger partial charge is 0.490 e. The number of halogens is 1. The summed E-state index contributed by atoms with van der Waals surface area (Å²) in [5.74, 6) is 1.36. The van der Waals surface area contributed by atoms with Gasteiger partial charge in [-0.3, -0.25) is 4.79 Å². The Morgan fingerprint density at radius 3 is 2.81 bits per heavy atom. The first-order valence-electron chi connectivity index (χ1n) is 9.61. The molecule has 1 aromatic rings. The number of carbonyl (C=O) groups is 1. The van der Waals surface area contributed by atoms with Gasteiger partial charge in [0.25, 0.3) is 5.91 Å². The van der Waals surface area contributed by atoms with Crippen LogP contribution in [0.3, 0.4) is 0 Å². The fraction of sp³-hybridized carbons (Fsp3) is 0.650. The van der Waals surface area contributed by atoms with Crippen LogP contribution < -0.4 is 15.2 Å². The molecule has 2 unspecified atom stereocenters. The van der Waals surface area contributed by atoms with Gasteiger partial charge in [0.2, 0.25) is 0 Å². The fourth-order valence-electron chi connectivity index (χ4n) is 3.22. The Hall–Kier alpha value is -1.46. The third-order valence-electron chi connectivity index (χ3n) is 4.79. The summed E-state index contributed by atoms with van der Waals surface area (Å²) >= 11 is 6.42. The lowest BCUT2D eigenvalue weighted by molar-refractivity contribution is 0.0660. The van der Waals surface area contributed by atoms with Gasteiger partial charge in [0.15, 0.2) is 11.5 Å². The average Bonchev–Trinajstić information content (AvgIpc) is 2.63. The number of hydrogen-bond donors (Lipinski definition) is 1. The van der Waals surface area contributed by atoms with Crippen molar-refractivity contribution in [3.8, 4) is 11.5 Å². The second-order valence-corrected chi connectivity index (χ2v) is 7.34. The van der Waals surface area contributed by atoms with Crippen LogP contribution in [0.5, 0.6) is 11.5 Å². The van der Waals surface area contributed by atoms with Crippen LogP contribution in [0, 0.1) is 5.92 Å². The summed E-state index contributed by atoms with van der Waals surface area (Å²) in [6.45, 7) is 8.50. The Morgan fingerprint density at radius 2 is 2.15 bits per heavy atom. The molecule has 6 heteroatoms. The molecule has 1 aromatic carbocycles. The summed E-state index contributed by atoms with van der Waals surface area (Å²) in [5.41, 5.74) is 6.57. The van der Waals surface area contributed by atoms with Crippen molar-refractivity contribution in [3.63, 3.8) is 0 Å². The van der Waals surface area contributed by atoms with E-state index in [0.29, 0.717) is 47.8 Å². The van der Waals surface area contributed by atoms with Crippen LogP contribution in [0.4, 0.5) is 0 Å². The molecule has 2 N–H and O–H groups in total. The van der Waals surface area contributed by atoms with E-state index in [-0.39, 0.29) is 11.9 Å². The minimum atomic E-state index is -0.0293. The zero-order chi connectivity index (χ0) is 19.1. The Morgan fingerprint density at radius 1 is 1.38 bits per heavy atom. The number of nitrogens with zero attached hydrogens (tertiary/aromatic N) is 1. The van der Waals surface area contributed by atoms with E-state index in [1.165, 1.54) is 0 Å². The number of piperidine rings is 1. The first-order chi connectivity index (χ1) is 12.5. The van der Waals surface area contributed by atoms with Gasteiger partial charge in [-0.1, -0.05) is 24.9 Å². The van der Waals surface area contributed by atoms with Gasteiger partial charge >= 0.3 is 0 Å². The van der Waals surface area contributed by atoms with Gasteiger partial charge in [0, 0.05) is 24.7 Å². The van der Waals surface area contributed by atoms with Crippen molar-refractivity contribution in [2.24, 2.45) is 11.7 Å². The molecule has 2 rings (SSSR count). The third kappa shape index (κ3) is 5.27. The van der Waals surface area contributed by atoms with E-state index in [1.54, 1.807) is 12.1 Å². The monoisotopic (exact) mass is 382 g/mol. The fourth-order valence-corrected chi connectivity index (χ4v) is 3.48. The summed E-state index contributed by atoms with van der Waals surface area (Å²) in [6, 6.07) is 3.51. The van der Waals surface area contributed by atoms with Gasteiger partial charge in [-0.2, -0.15) is 0 Å². The number of likely N-dealkylation sites (tertiary alicyclic amines) is 1. The van der Waals surface area contributed by atoms with Crippen molar-refractivity contribution in [1.29, 1.82) is 0 Å². The summed E-state index contributed by atoms with van der Waals surface area (Å²) < 4.78 is 11.5. The molecule has 0 spiro atoms.